The number of aryl methyl sites for hydroxylation is 1. The molecule has 3 aromatic rings. The SMILES string of the molecule is Cn1ncc(Cl)c1-c1cc(C(=O)N[C@H](CN)Cc2ccc(F)c(F)c2)sc1Cl. The summed E-state index contributed by atoms with van der Waals surface area (Å²) in [5.74, 6) is -2.23. The summed E-state index contributed by atoms with van der Waals surface area (Å²) in [5, 5.41) is 7.29. The van der Waals surface area contributed by atoms with Gasteiger partial charge in [-0.15, -0.1) is 11.3 Å². The summed E-state index contributed by atoms with van der Waals surface area (Å²) >= 11 is 13.5. The van der Waals surface area contributed by atoms with Crippen molar-refractivity contribution in [3.05, 3.63) is 61.9 Å². The van der Waals surface area contributed by atoms with Crippen LogP contribution < -0.4 is 11.1 Å². The molecule has 10 heteroatoms. The van der Waals surface area contributed by atoms with Crippen LogP contribution in [0.5, 0.6) is 0 Å². The Hall–Kier alpha value is -2.00. The average Bonchev–Trinajstić information content (AvgIpc) is 3.19. The van der Waals surface area contributed by atoms with E-state index < -0.39 is 17.7 Å². The third-order valence-electron chi connectivity index (χ3n) is 4.15. The minimum Gasteiger partial charge on any atom is -0.347 e. The highest BCUT2D eigenvalue weighted by Crippen LogP contribution is 2.38. The van der Waals surface area contributed by atoms with Crippen molar-refractivity contribution in [1.29, 1.82) is 0 Å². The number of nitrogens with zero attached hydrogens (tertiary/aromatic N) is 2. The van der Waals surface area contributed by atoms with E-state index in [-0.39, 0.29) is 18.9 Å². The molecule has 0 saturated carbocycles. The molecule has 0 spiro atoms. The largest absolute Gasteiger partial charge is 0.347 e. The molecule has 1 amide bonds. The molecule has 0 aliphatic rings. The molecule has 0 fully saturated rings. The van der Waals surface area contributed by atoms with E-state index in [2.05, 4.69) is 10.4 Å². The number of carbonyl (C=O) groups excluding carboxylic acids is 1. The van der Waals surface area contributed by atoms with Gasteiger partial charge in [-0.25, -0.2) is 8.78 Å². The number of nitrogens with two attached hydrogens (primary N) is 1. The Labute approximate surface area is 174 Å². The zero-order chi connectivity index (χ0) is 20.4. The molecule has 3 N–H and O–H groups in total. The first-order chi connectivity index (χ1) is 13.3. The zero-order valence-electron chi connectivity index (χ0n) is 14.7. The molecule has 1 aromatic carbocycles. The van der Waals surface area contributed by atoms with Gasteiger partial charge in [0.15, 0.2) is 11.6 Å². The summed E-state index contributed by atoms with van der Waals surface area (Å²) < 4.78 is 28.4. The summed E-state index contributed by atoms with van der Waals surface area (Å²) in [4.78, 5) is 13.0. The van der Waals surface area contributed by atoms with Crippen molar-refractivity contribution >= 4 is 40.4 Å². The highest BCUT2D eigenvalue weighted by atomic mass is 35.5. The van der Waals surface area contributed by atoms with Gasteiger partial charge in [0.1, 0.15) is 4.34 Å². The third kappa shape index (κ3) is 4.35. The summed E-state index contributed by atoms with van der Waals surface area (Å²) in [6.45, 7) is 0.129. The Kier molecular flexibility index (Phi) is 6.34. The molecule has 2 aromatic heterocycles. The van der Waals surface area contributed by atoms with Gasteiger partial charge in [0.2, 0.25) is 0 Å². The highest BCUT2D eigenvalue weighted by molar-refractivity contribution is 7.18. The molecule has 5 nitrogen and oxygen atoms in total. The lowest BCUT2D eigenvalue weighted by Crippen LogP contribution is -2.41. The van der Waals surface area contributed by atoms with E-state index >= 15 is 0 Å². The van der Waals surface area contributed by atoms with Crippen LogP contribution in [0.25, 0.3) is 11.3 Å². The summed E-state index contributed by atoms with van der Waals surface area (Å²) in [6, 6.07) is 4.77. The molecule has 0 unspecified atom stereocenters. The van der Waals surface area contributed by atoms with Crippen LogP contribution in [-0.4, -0.2) is 28.3 Å². The van der Waals surface area contributed by atoms with Crippen molar-refractivity contribution in [3.8, 4) is 11.3 Å². The van der Waals surface area contributed by atoms with Gasteiger partial charge in [0.25, 0.3) is 5.91 Å². The van der Waals surface area contributed by atoms with Gasteiger partial charge in [-0.2, -0.15) is 5.10 Å². The quantitative estimate of drug-likeness (QED) is 0.602. The van der Waals surface area contributed by atoms with Crippen LogP contribution in [0.4, 0.5) is 8.78 Å². The molecule has 3 rings (SSSR count). The molecule has 0 aliphatic carbocycles. The molecule has 28 heavy (non-hydrogen) atoms. The second-order valence-corrected chi connectivity index (χ2v) is 8.18. The fraction of sp³-hybridized carbons (Fsp3) is 0.222. The number of rotatable bonds is 6. The number of aromatic nitrogens is 2. The number of benzene rings is 1. The van der Waals surface area contributed by atoms with Crippen molar-refractivity contribution in [1.82, 2.24) is 15.1 Å². The van der Waals surface area contributed by atoms with Gasteiger partial charge in [-0.3, -0.25) is 9.48 Å². The van der Waals surface area contributed by atoms with Gasteiger partial charge < -0.3 is 11.1 Å². The maximum atomic E-state index is 13.4. The van der Waals surface area contributed by atoms with Crippen LogP contribution >= 0.6 is 34.5 Å². The first kappa shape index (κ1) is 20.7. The Morgan fingerprint density at radius 3 is 2.68 bits per heavy atom. The topological polar surface area (TPSA) is 72.9 Å². The maximum Gasteiger partial charge on any atom is 0.261 e. The van der Waals surface area contributed by atoms with Crippen molar-refractivity contribution in [2.45, 2.75) is 12.5 Å². The third-order valence-corrected chi connectivity index (χ3v) is 5.78. The second kappa shape index (κ2) is 8.57. The fourth-order valence-corrected chi connectivity index (χ4v) is 4.21. The first-order valence-electron chi connectivity index (χ1n) is 8.22. The first-order valence-corrected chi connectivity index (χ1v) is 9.79. The highest BCUT2D eigenvalue weighted by Gasteiger charge is 2.21. The van der Waals surface area contributed by atoms with Crippen LogP contribution in [0, 0.1) is 11.6 Å². The number of amides is 1. The van der Waals surface area contributed by atoms with E-state index in [4.69, 9.17) is 28.9 Å². The summed E-state index contributed by atoms with van der Waals surface area (Å²) in [6.07, 6.45) is 1.76. The smallest absolute Gasteiger partial charge is 0.261 e. The molecule has 1 atom stereocenters. The number of carbonyl (C=O) groups is 1. The Morgan fingerprint density at radius 2 is 2.07 bits per heavy atom. The Morgan fingerprint density at radius 1 is 1.32 bits per heavy atom. The average molecular weight is 445 g/mol. The Balaban J connectivity index is 1.76. The number of thiophene rings is 1. The minimum atomic E-state index is -0.942. The van der Waals surface area contributed by atoms with Gasteiger partial charge in [-0.1, -0.05) is 29.3 Å². The van der Waals surface area contributed by atoms with Crippen LogP contribution in [0.15, 0.2) is 30.5 Å². The summed E-state index contributed by atoms with van der Waals surface area (Å²) in [7, 11) is 1.72. The van der Waals surface area contributed by atoms with Gasteiger partial charge in [-0.05, 0) is 30.2 Å². The van der Waals surface area contributed by atoms with Gasteiger partial charge in [0.05, 0.1) is 21.8 Å². The molecule has 148 valence electrons. The predicted octanol–water partition coefficient (Wildman–Crippen LogP) is 4.03. The molecule has 0 bridgehead atoms. The van der Waals surface area contributed by atoms with Crippen LogP contribution in [0.3, 0.4) is 0 Å². The van der Waals surface area contributed by atoms with Crippen molar-refractivity contribution in [3.63, 3.8) is 0 Å². The van der Waals surface area contributed by atoms with Crippen molar-refractivity contribution in [2.24, 2.45) is 12.8 Å². The van der Waals surface area contributed by atoms with E-state index in [1.807, 2.05) is 0 Å². The molecule has 2 heterocycles. The van der Waals surface area contributed by atoms with E-state index in [0.717, 1.165) is 23.5 Å². The predicted molar refractivity (Wildman–Crippen MR) is 107 cm³/mol. The standard InChI is InChI=1S/C18H16Cl2F2N4OS/c1-26-16(12(19)8-24-26)11-6-15(28-17(11)20)18(27)25-10(7-23)4-9-2-3-13(21)14(22)5-9/h2-3,5-6,8,10H,4,7,23H2,1H3,(H,25,27)/t10-/m0/s1. The fourth-order valence-electron chi connectivity index (χ4n) is 2.76. The lowest BCUT2D eigenvalue weighted by Gasteiger charge is -2.16. The van der Waals surface area contributed by atoms with E-state index in [1.54, 1.807) is 17.8 Å². The normalized spacial score (nSPS) is 12.2. The zero-order valence-corrected chi connectivity index (χ0v) is 17.0. The number of hydrogen-bond donors (Lipinski definition) is 2. The Bertz CT molecular complexity index is 1000. The van der Waals surface area contributed by atoms with Crippen LogP contribution in [-0.2, 0) is 13.5 Å². The van der Waals surface area contributed by atoms with E-state index in [0.29, 0.717) is 31.1 Å². The molecular formula is C18H16Cl2F2N4OS. The molecule has 0 radical (unpaired) electrons. The number of halogens is 4. The minimum absolute atomic E-state index is 0.129. The lowest BCUT2D eigenvalue weighted by atomic mass is 10.1. The number of hydrogen-bond acceptors (Lipinski definition) is 4. The molecule has 0 aliphatic heterocycles. The van der Waals surface area contributed by atoms with Crippen LogP contribution in [0.2, 0.25) is 9.36 Å². The van der Waals surface area contributed by atoms with Crippen LogP contribution in [0.1, 0.15) is 15.2 Å². The summed E-state index contributed by atoms with van der Waals surface area (Å²) in [5.41, 5.74) is 7.48. The van der Waals surface area contributed by atoms with E-state index in [9.17, 15) is 13.6 Å². The van der Waals surface area contributed by atoms with Crippen molar-refractivity contribution < 1.29 is 13.6 Å². The molecule has 0 saturated heterocycles. The maximum absolute atomic E-state index is 13.4. The molecular weight excluding hydrogens is 429 g/mol. The van der Waals surface area contributed by atoms with Gasteiger partial charge >= 0.3 is 0 Å². The van der Waals surface area contributed by atoms with E-state index in [1.165, 1.54) is 12.3 Å². The van der Waals surface area contributed by atoms with Crippen molar-refractivity contribution in [2.75, 3.05) is 6.54 Å². The monoisotopic (exact) mass is 444 g/mol. The van der Waals surface area contributed by atoms with Gasteiger partial charge in [0, 0.05) is 25.2 Å². The second-order valence-electron chi connectivity index (χ2n) is 6.12. The number of nitrogens with one attached hydrogen (secondary N) is 1. The lowest BCUT2D eigenvalue weighted by molar-refractivity contribution is 0.0942.